The molecule has 0 amide bonds. The molecule has 0 aliphatic rings. The van der Waals surface area contributed by atoms with Gasteiger partial charge in [-0.15, -0.1) is 0 Å². The van der Waals surface area contributed by atoms with Crippen molar-refractivity contribution in [3.8, 4) is 0 Å². The van der Waals surface area contributed by atoms with Gasteiger partial charge in [0.05, 0.1) is 16.9 Å². The second-order valence-corrected chi connectivity index (χ2v) is 5.04. The Morgan fingerprint density at radius 2 is 2.28 bits per heavy atom. The summed E-state index contributed by atoms with van der Waals surface area (Å²) in [6.07, 6.45) is 2.94. The average molecular weight is 272 g/mol. The summed E-state index contributed by atoms with van der Waals surface area (Å²) in [5.41, 5.74) is 5.98. The maximum absolute atomic E-state index is 13.5. The summed E-state index contributed by atoms with van der Waals surface area (Å²) in [5, 5.41) is 11.8. The van der Waals surface area contributed by atoms with Crippen molar-refractivity contribution in [1.82, 2.24) is 0 Å². The third-order valence-electron chi connectivity index (χ3n) is 2.53. The van der Waals surface area contributed by atoms with Crippen LogP contribution in [0.2, 0.25) is 0 Å². The quantitative estimate of drug-likeness (QED) is 0.694. The highest BCUT2D eigenvalue weighted by Gasteiger charge is 2.14. The van der Waals surface area contributed by atoms with Crippen LogP contribution in [-0.2, 0) is 0 Å². The monoisotopic (exact) mass is 272 g/mol. The lowest BCUT2D eigenvalue weighted by Crippen LogP contribution is -2.17. The summed E-state index contributed by atoms with van der Waals surface area (Å²) in [5.74, 6) is -1.11. The molecular weight excluding hydrogens is 255 g/mol. The van der Waals surface area contributed by atoms with Crippen molar-refractivity contribution in [2.24, 2.45) is 0 Å². The molecule has 0 aliphatic carbocycles. The van der Waals surface area contributed by atoms with Crippen LogP contribution in [0.4, 0.5) is 15.8 Å². The number of thioether (sulfide) groups is 1. The summed E-state index contributed by atoms with van der Waals surface area (Å²) in [6, 6.07) is 2.42. The number of nitrogen functional groups attached to an aromatic ring is 1. The number of benzene rings is 1. The molecule has 0 saturated heterocycles. The van der Waals surface area contributed by atoms with E-state index in [-0.39, 0.29) is 11.7 Å². The van der Waals surface area contributed by atoms with Gasteiger partial charge in [0.2, 0.25) is 0 Å². The van der Waals surface area contributed by atoms with E-state index in [0.29, 0.717) is 5.69 Å². The van der Waals surface area contributed by atoms with Gasteiger partial charge < -0.3 is 16.2 Å². The molecule has 0 spiro atoms. The molecule has 0 fully saturated rings. The van der Waals surface area contributed by atoms with Gasteiger partial charge in [0.15, 0.2) is 0 Å². The maximum atomic E-state index is 13.5. The number of carboxylic acid groups (broad SMARTS) is 1. The van der Waals surface area contributed by atoms with Gasteiger partial charge in [0.1, 0.15) is 5.82 Å². The van der Waals surface area contributed by atoms with E-state index < -0.39 is 17.3 Å². The van der Waals surface area contributed by atoms with Gasteiger partial charge in [-0.05, 0) is 37.5 Å². The highest BCUT2D eigenvalue weighted by Crippen LogP contribution is 2.24. The predicted octanol–water partition coefficient (Wildman–Crippen LogP) is 2.66. The number of rotatable bonds is 6. The third-order valence-corrected chi connectivity index (χ3v) is 3.17. The fourth-order valence-corrected chi connectivity index (χ4v) is 2.10. The first-order chi connectivity index (χ1) is 8.45. The van der Waals surface area contributed by atoms with Crippen molar-refractivity contribution >= 4 is 29.1 Å². The van der Waals surface area contributed by atoms with Crippen molar-refractivity contribution < 1.29 is 14.3 Å². The Kier molecular flexibility index (Phi) is 5.27. The Morgan fingerprint density at radius 1 is 1.61 bits per heavy atom. The van der Waals surface area contributed by atoms with E-state index >= 15 is 0 Å². The Bertz CT molecular complexity index is 440. The van der Waals surface area contributed by atoms with Crippen molar-refractivity contribution in [2.45, 2.75) is 19.4 Å². The van der Waals surface area contributed by atoms with E-state index in [1.165, 1.54) is 0 Å². The Hall–Kier alpha value is -1.43. The van der Waals surface area contributed by atoms with Crippen LogP contribution in [0, 0.1) is 5.82 Å². The minimum absolute atomic E-state index is 0.148. The van der Waals surface area contributed by atoms with Crippen LogP contribution in [-0.4, -0.2) is 29.1 Å². The molecule has 4 nitrogen and oxygen atoms in total. The third kappa shape index (κ3) is 3.80. The molecule has 1 aromatic rings. The van der Waals surface area contributed by atoms with Gasteiger partial charge in [-0.2, -0.15) is 11.8 Å². The molecule has 0 heterocycles. The smallest absolute Gasteiger partial charge is 0.338 e. The number of carbonyl (C=O) groups is 1. The topological polar surface area (TPSA) is 75.3 Å². The molecule has 0 saturated carbocycles. The summed E-state index contributed by atoms with van der Waals surface area (Å²) < 4.78 is 13.5. The van der Waals surface area contributed by atoms with Gasteiger partial charge in [0.25, 0.3) is 0 Å². The molecule has 1 rings (SSSR count). The van der Waals surface area contributed by atoms with Crippen LogP contribution in [0.5, 0.6) is 0 Å². The number of hydrogen-bond acceptors (Lipinski definition) is 4. The number of nitrogens with two attached hydrogens (primary N) is 1. The zero-order valence-corrected chi connectivity index (χ0v) is 11.2. The molecule has 0 bridgehead atoms. The van der Waals surface area contributed by atoms with E-state index in [4.69, 9.17) is 10.8 Å². The maximum Gasteiger partial charge on any atom is 0.338 e. The zero-order chi connectivity index (χ0) is 13.7. The molecular formula is C12H17FN2O2S. The van der Waals surface area contributed by atoms with Crippen molar-refractivity contribution in [1.29, 1.82) is 0 Å². The first-order valence-corrected chi connectivity index (χ1v) is 6.93. The first kappa shape index (κ1) is 14.6. The lowest BCUT2D eigenvalue weighted by Gasteiger charge is -2.17. The fourth-order valence-electron chi connectivity index (χ4n) is 1.51. The summed E-state index contributed by atoms with van der Waals surface area (Å²) in [4.78, 5) is 10.7. The average Bonchev–Trinajstić information content (AvgIpc) is 2.30. The standard InChI is InChI=1S/C12H17FN2O2S/c1-7(3-4-18-2)15-11-6-9(13)8(12(16)17)5-10(11)14/h5-7,15H,3-4,14H2,1-2H3,(H,16,17). The molecule has 1 atom stereocenters. The number of carboxylic acids is 1. The molecule has 4 N–H and O–H groups in total. The number of hydrogen-bond donors (Lipinski definition) is 3. The van der Waals surface area contributed by atoms with Crippen LogP contribution in [0.15, 0.2) is 12.1 Å². The van der Waals surface area contributed by atoms with Crippen LogP contribution in [0.1, 0.15) is 23.7 Å². The SMILES string of the molecule is CSCCC(C)Nc1cc(F)c(C(=O)O)cc1N. The minimum Gasteiger partial charge on any atom is -0.478 e. The van der Waals surface area contributed by atoms with E-state index in [1.54, 1.807) is 11.8 Å². The lowest BCUT2D eigenvalue weighted by atomic mass is 10.1. The Morgan fingerprint density at radius 3 is 2.83 bits per heavy atom. The minimum atomic E-state index is -1.32. The van der Waals surface area contributed by atoms with Gasteiger partial charge in [0, 0.05) is 6.04 Å². The van der Waals surface area contributed by atoms with Crippen molar-refractivity contribution in [2.75, 3.05) is 23.1 Å². The number of nitrogens with one attached hydrogen (secondary N) is 1. The molecule has 1 aromatic carbocycles. The van der Waals surface area contributed by atoms with E-state index in [0.717, 1.165) is 24.3 Å². The first-order valence-electron chi connectivity index (χ1n) is 5.53. The van der Waals surface area contributed by atoms with Crippen LogP contribution in [0.3, 0.4) is 0 Å². The van der Waals surface area contributed by atoms with Crippen molar-refractivity contribution in [3.05, 3.63) is 23.5 Å². The van der Waals surface area contributed by atoms with Gasteiger partial charge in [-0.1, -0.05) is 0 Å². The van der Waals surface area contributed by atoms with Crippen LogP contribution < -0.4 is 11.1 Å². The zero-order valence-electron chi connectivity index (χ0n) is 10.4. The molecule has 0 aromatic heterocycles. The fraction of sp³-hybridized carbons (Fsp3) is 0.417. The van der Waals surface area contributed by atoms with Gasteiger partial charge in [-0.3, -0.25) is 0 Å². The van der Waals surface area contributed by atoms with Crippen LogP contribution >= 0.6 is 11.8 Å². The molecule has 18 heavy (non-hydrogen) atoms. The Balaban J connectivity index is 2.84. The van der Waals surface area contributed by atoms with E-state index in [2.05, 4.69) is 5.32 Å². The Labute approximate surface area is 110 Å². The summed E-state index contributed by atoms with van der Waals surface area (Å²) in [7, 11) is 0. The van der Waals surface area contributed by atoms with E-state index in [9.17, 15) is 9.18 Å². The normalized spacial score (nSPS) is 12.2. The molecule has 100 valence electrons. The second kappa shape index (κ2) is 6.49. The number of aromatic carboxylic acids is 1. The summed E-state index contributed by atoms with van der Waals surface area (Å²) in [6.45, 7) is 1.97. The highest BCUT2D eigenvalue weighted by molar-refractivity contribution is 7.98. The second-order valence-electron chi connectivity index (χ2n) is 4.05. The molecule has 1 unspecified atom stereocenters. The van der Waals surface area contributed by atoms with Crippen LogP contribution in [0.25, 0.3) is 0 Å². The molecule has 0 aliphatic heterocycles. The predicted molar refractivity (Wildman–Crippen MR) is 73.9 cm³/mol. The van der Waals surface area contributed by atoms with Gasteiger partial charge >= 0.3 is 5.97 Å². The van der Waals surface area contributed by atoms with Crippen molar-refractivity contribution in [3.63, 3.8) is 0 Å². The summed E-state index contributed by atoms with van der Waals surface area (Å²) >= 11 is 1.73. The largest absolute Gasteiger partial charge is 0.478 e. The molecule has 0 radical (unpaired) electrons. The number of halogens is 1. The van der Waals surface area contributed by atoms with Gasteiger partial charge in [-0.25, -0.2) is 9.18 Å². The van der Waals surface area contributed by atoms with E-state index in [1.807, 2.05) is 13.2 Å². The number of anilines is 2. The lowest BCUT2D eigenvalue weighted by molar-refractivity contribution is 0.0692. The molecule has 6 heteroatoms. The highest BCUT2D eigenvalue weighted by atomic mass is 32.2.